The molecule has 2 fully saturated rings. The number of thioether (sulfide) groups is 1. The van der Waals surface area contributed by atoms with Crippen LogP contribution in [-0.4, -0.2) is 66.1 Å². The molecule has 1 saturated carbocycles. The van der Waals surface area contributed by atoms with E-state index in [2.05, 4.69) is 10.2 Å². The fourth-order valence-corrected chi connectivity index (χ4v) is 4.89. The van der Waals surface area contributed by atoms with Crippen LogP contribution in [0.4, 0.5) is 0 Å². The molecule has 3 rings (SSSR count). The normalized spacial score (nSPS) is 19.6. The first-order valence-electron chi connectivity index (χ1n) is 10.2. The zero-order valence-corrected chi connectivity index (χ0v) is 18.1. The Morgan fingerprint density at radius 1 is 1.14 bits per heavy atom. The highest BCUT2D eigenvalue weighted by Crippen LogP contribution is 2.27. The van der Waals surface area contributed by atoms with Crippen molar-refractivity contribution in [3.63, 3.8) is 0 Å². The van der Waals surface area contributed by atoms with Crippen LogP contribution in [0.25, 0.3) is 0 Å². The fourth-order valence-electron chi connectivity index (χ4n) is 3.87. The Balaban J connectivity index is 1.32. The summed E-state index contributed by atoms with van der Waals surface area (Å²) in [5.74, 6) is 0.680. The van der Waals surface area contributed by atoms with Crippen LogP contribution in [0.5, 0.6) is 0 Å². The van der Waals surface area contributed by atoms with Crippen molar-refractivity contribution < 1.29 is 9.59 Å². The standard InChI is InChI=1S/C21H30ClN3O2S/c1-16(28-19-8-6-18(22)7-9-19)20(26)23-10-11-24-12-14-25(15-13-24)21(27)17-4-2-3-5-17/h6-9,16-17H,2-5,10-15H2,1H3,(H,23,26). The van der Waals surface area contributed by atoms with Gasteiger partial charge in [-0.2, -0.15) is 0 Å². The summed E-state index contributed by atoms with van der Waals surface area (Å²) in [6, 6.07) is 7.55. The lowest BCUT2D eigenvalue weighted by Crippen LogP contribution is -2.51. The molecular formula is C21H30ClN3O2S. The van der Waals surface area contributed by atoms with Gasteiger partial charge >= 0.3 is 0 Å². The van der Waals surface area contributed by atoms with Gasteiger partial charge in [0.05, 0.1) is 5.25 Å². The smallest absolute Gasteiger partial charge is 0.233 e. The molecule has 2 amide bonds. The first kappa shape index (κ1) is 21.5. The molecule has 1 saturated heterocycles. The van der Waals surface area contributed by atoms with Crippen LogP contribution in [0, 0.1) is 5.92 Å². The van der Waals surface area contributed by atoms with Crippen LogP contribution in [0.1, 0.15) is 32.6 Å². The lowest BCUT2D eigenvalue weighted by molar-refractivity contribution is -0.137. The van der Waals surface area contributed by atoms with Crippen LogP contribution < -0.4 is 5.32 Å². The highest BCUT2D eigenvalue weighted by atomic mass is 35.5. The van der Waals surface area contributed by atoms with E-state index in [4.69, 9.17) is 11.6 Å². The second-order valence-corrected chi connectivity index (χ2v) is 9.50. The van der Waals surface area contributed by atoms with Gasteiger partial charge in [-0.1, -0.05) is 24.4 Å². The van der Waals surface area contributed by atoms with Gasteiger partial charge in [-0.05, 0) is 44.0 Å². The number of benzene rings is 1. The number of rotatable bonds is 7. The fraction of sp³-hybridized carbons (Fsp3) is 0.619. The summed E-state index contributed by atoms with van der Waals surface area (Å²) < 4.78 is 0. The van der Waals surface area contributed by atoms with Gasteiger partial charge in [0.25, 0.3) is 0 Å². The Morgan fingerprint density at radius 2 is 1.79 bits per heavy atom. The number of carbonyl (C=O) groups excluding carboxylic acids is 2. The molecule has 1 aliphatic carbocycles. The van der Waals surface area contributed by atoms with Crippen molar-refractivity contribution in [2.24, 2.45) is 5.92 Å². The second kappa shape index (κ2) is 10.5. The molecule has 0 aromatic heterocycles. The topological polar surface area (TPSA) is 52.7 Å². The summed E-state index contributed by atoms with van der Waals surface area (Å²) in [4.78, 5) is 30.2. The number of piperazine rings is 1. The van der Waals surface area contributed by atoms with Gasteiger partial charge in [-0.3, -0.25) is 14.5 Å². The maximum Gasteiger partial charge on any atom is 0.233 e. The van der Waals surface area contributed by atoms with E-state index < -0.39 is 0 Å². The first-order valence-corrected chi connectivity index (χ1v) is 11.5. The van der Waals surface area contributed by atoms with Crippen molar-refractivity contribution in [2.75, 3.05) is 39.3 Å². The van der Waals surface area contributed by atoms with Crippen molar-refractivity contribution in [1.29, 1.82) is 0 Å². The van der Waals surface area contributed by atoms with E-state index in [1.54, 1.807) is 0 Å². The Morgan fingerprint density at radius 3 is 2.43 bits per heavy atom. The summed E-state index contributed by atoms with van der Waals surface area (Å²) in [5, 5.41) is 3.58. The summed E-state index contributed by atoms with van der Waals surface area (Å²) in [5.41, 5.74) is 0. The van der Waals surface area contributed by atoms with Crippen LogP contribution in [-0.2, 0) is 9.59 Å². The van der Waals surface area contributed by atoms with E-state index in [1.165, 1.54) is 24.6 Å². The van der Waals surface area contributed by atoms with Crippen molar-refractivity contribution >= 4 is 35.2 Å². The van der Waals surface area contributed by atoms with Gasteiger partial charge in [0, 0.05) is 55.1 Å². The Bertz CT molecular complexity index is 656. The van der Waals surface area contributed by atoms with Crippen LogP contribution in [0.3, 0.4) is 0 Å². The molecule has 1 aliphatic heterocycles. The zero-order chi connectivity index (χ0) is 19.9. The molecule has 1 N–H and O–H groups in total. The maximum atomic E-state index is 12.5. The Kier molecular flexibility index (Phi) is 8.06. The quantitative estimate of drug-likeness (QED) is 0.684. The molecule has 7 heteroatoms. The molecule has 5 nitrogen and oxygen atoms in total. The Labute approximate surface area is 177 Å². The number of amides is 2. The summed E-state index contributed by atoms with van der Waals surface area (Å²) in [6.45, 7) is 6.80. The number of hydrogen-bond donors (Lipinski definition) is 1. The van der Waals surface area contributed by atoms with Crippen molar-refractivity contribution in [2.45, 2.75) is 42.8 Å². The summed E-state index contributed by atoms with van der Waals surface area (Å²) in [7, 11) is 0. The van der Waals surface area contributed by atoms with Crippen molar-refractivity contribution in [3.05, 3.63) is 29.3 Å². The number of carbonyl (C=O) groups is 2. The molecule has 1 unspecified atom stereocenters. The summed E-state index contributed by atoms with van der Waals surface area (Å²) >= 11 is 7.43. The molecule has 1 atom stereocenters. The number of hydrogen-bond acceptors (Lipinski definition) is 4. The number of halogens is 1. The molecule has 1 aromatic rings. The number of nitrogens with one attached hydrogen (secondary N) is 1. The lowest BCUT2D eigenvalue weighted by atomic mass is 10.1. The van der Waals surface area contributed by atoms with Crippen LogP contribution in [0.2, 0.25) is 5.02 Å². The monoisotopic (exact) mass is 423 g/mol. The van der Waals surface area contributed by atoms with E-state index >= 15 is 0 Å². The predicted octanol–water partition coefficient (Wildman–Crippen LogP) is 3.27. The van der Waals surface area contributed by atoms with Gasteiger partial charge in [-0.25, -0.2) is 0 Å². The van der Waals surface area contributed by atoms with Gasteiger partial charge in [0.2, 0.25) is 11.8 Å². The molecule has 1 heterocycles. The highest BCUT2D eigenvalue weighted by Gasteiger charge is 2.29. The zero-order valence-electron chi connectivity index (χ0n) is 16.5. The second-order valence-electron chi connectivity index (χ2n) is 7.65. The van der Waals surface area contributed by atoms with Crippen molar-refractivity contribution in [3.8, 4) is 0 Å². The van der Waals surface area contributed by atoms with Gasteiger partial charge in [0.1, 0.15) is 0 Å². The molecule has 154 valence electrons. The van der Waals surface area contributed by atoms with E-state index in [0.717, 1.165) is 50.5 Å². The molecule has 0 radical (unpaired) electrons. The van der Waals surface area contributed by atoms with Crippen molar-refractivity contribution in [1.82, 2.24) is 15.1 Å². The third-order valence-electron chi connectivity index (χ3n) is 5.61. The van der Waals surface area contributed by atoms with Gasteiger partial charge in [-0.15, -0.1) is 11.8 Å². The Hall–Kier alpha value is -1.24. The minimum atomic E-state index is -0.151. The molecule has 0 bridgehead atoms. The predicted molar refractivity (Wildman–Crippen MR) is 115 cm³/mol. The molecule has 1 aromatic carbocycles. The SMILES string of the molecule is CC(Sc1ccc(Cl)cc1)C(=O)NCCN1CCN(C(=O)C2CCCC2)CC1. The first-order chi connectivity index (χ1) is 13.5. The minimum Gasteiger partial charge on any atom is -0.354 e. The van der Waals surface area contributed by atoms with Gasteiger partial charge < -0.3 is 10.2 Å². The number of nitrogens with zero attached hydrogens (tertiary/aromatic N) is 2. The minimum absolute atomic E-state index is 0.0509. The van der Waals surface area contributed by atoms with Gasteiger partial charge in [0.15, 0.2) is 0 Å². The molecule has 0 spiro atoms. The summed E-state index contributed by atoms with van der Waals surface area (Å²) in [6.07, 6.45) is 4.53. The lowest BCUT2D eigenvalue weighted by Gasteiger charge is -2.36. The average molecular weight is 424 g/mol. The maximum absolute atomic E-state index is 12.5. The largest absolute Gasteiger partial charge is 0.354 e. The molecule has 2 aliphatic rings. The van der Waals surface area contributed by atoms with E-state index in [1.807, 2.05) is 36.1 Å². The van der Waals surface area contributed by atoms with Crippen LogP contribution in [0.15, 0.2) is 29.2 Å². The van der Waals surface area contributed by atoms with E-state index in [-0.39, 0.29) is 17.1 Å². The average Bonchev–Trinajstić information content (AvgIpc) is 3.24. The van der Waals surface area contributed by atoms with E-state index in [0.29, 0.717) is 17.5 Å². The third kappa shape index (κ3) is 6.13. The highest BCUT2D eigenvalue weighted by molar-refractivity contribution is 8.00. The van der Waals surface area contributed by atoms with E-state index in [9.17, 15) is 9.59 Å². The molecule has 28 heavy (non-hydrogen) atoms. The third-order valence-corrected chi connectivity index (χ3v) is 6.98. The van der Waals surface area contributed by atoms with Crippen LogP contribution >= 0.6 is 23.4 Å². The molecular weight excluding hydrogens is 394 g/mol.